The van der Waals surface area contributed by atoms with Crippen LogP contribution in [-0.4, -0.2) is 12.6 Å². The van der Waals surface area contributed by atoms with E-state index in [0.29, 0.717) is 34.1 Å². The molecule has 120 valence electrons. The molecule has 0 aliphatic carbocycles. The SMILES string of the molecule is NCCC1CC=CN1c1ccc(Oc2cccc(Cl)c2)c(Cl)c1. The summed E-state index contributed by atoms with van der Waals surface area (Å²) in [6.45, 7) is 0.673. The van der Waals surface area contributed by atoms with Gasteiger partial charge in [0.1, 0.15) is 11.5 Å². The average Bonchev–Trinajstić information content (AvgIpc) is 2.98. The summed E-state index contributed by atoms with van der Waals surface area (Å²) < 4.78 is 5.81. The lowest BCUT2D eigenvalue weighted by Crippen LogP contribution is -2.28. The molecule has 3 nitrogen and oxygen atoms in total. The molecule has 23 heavy (non-hydrogen) atoms. The van der Waals surface area contributed by atoms with Gasteiger partial charge in [0.2, 0.25) is 0 Å². The number of halogens is 2. The van der Waals surface area contributed by atoms with Crippen LogP contribution in [0.1, 0.15) is 12.8 Å². The lowest BCUT2D eigenvalue weighted by molar-refractivity contribution is 0.483. The molecule has 2 aromatic rings. The van der Waals surface area contributed by atoms with Crippen molar-refractivity contribution in [2.75, 3.05) is 11.4 Å². The van der Waals surface area contributed by atoms with Crippen LogP contribution in [0.2, 0.25) is 10.0 Å². The van der Waals surface area contributed by atoms with Crippen LogP contribution in [0.4, 0.5) is 5.69 Å². The molecule has 0 fully saturated rings. The molecule has 1 heterocycles. The van der Waals surface area contributed by atoms with Crippen LogP contribution in [0.25, 0.3) is 0 Å². The Bertz CT molecular complexity index is 718. The fourth-order valence-corrected chi connectivity index (χ4v) is 3.10. The molecule has 0 saturated carbocycles. The van der Waals surface area contributed by atoms with E-state index in [1.807, 2.05) is 30.3 Å². The maximum Gasteiger partial charge on any atom is 0.146 e. The van der Waals surface area contributed by atoms with E-state index in [2.05, 4.69) is 17.2 Å². The third-order valence-corrected chi connectivity index (χ3v) is 4.34. The minimum Gasteiger partial charge on any atom is -0.456 e. The van der Waals surface area contributed by atoms with Crippen LogP contribution in [-0.2, 0) is 0 Å². The second-order valence-electron chi connectivity index (χ2n) is 5.43. The maximum atomic E-state index is 6.39. The smallest absolute Gasteiger partial charge is 0.146 e. The highest BCUT2D eigenvalue weighted by atomic mass is 35.5. The van der Waals surface area contributed by atoms with Crippen LogP contribution >= 0.6 is 23.2 Å². The van der Waals surface area contributed by atoms with E-state index in [-0.39, 0.29) is 0 Å². The van der Waals surface area contributed by atoms with Gasteiger partial charge in [-0.1, -0.05) is 35.3 Å². The first kappa shape index (κ1) is 16.2. The van der Waals surface area contributed by atoms with Crippen LogP contribution in [0.15, 0.2) is 54.7 Å². The minimum absolute atomic E-state index is 0.399. The topological polar surface area (TPSA) is 38.5 Å². The van der Waals surface area contributed by atoms with Gasteiger partial charge >= 0.3 is 0 Å². The predicted octanol–water partition coefficient (Wildman–Crippen LogP) is 5.23. The molecule has 1 unspecified atom stereocenters. The molecule has 1 aliphatic heterocycles. The molecule has 3 rings (SSSR count). The largest absolute Gasteiger partial charge is 0.456 e. The van der Waals surface area contributed by atoms with E-state index in [1.54, 1.807) is 12.1 Å². The Labute approximate surface area is 146 Å². The quantitative estimate of drug-likeness (QED) is 0.804. The number of rotatable bonds is 5. The van der Waals surface area contributed by atoms with Gasteiger partial charge in [-0.05, 0) is 55.8 Å². The first-order valence-corrected chi connectivity index (χ1v) is 8.31. The molecule has 2 N–H and O–H groups in total. The fraction of sp³-hybridized carbons (Fsp3) is 0.222. The van der Waals surface area contributed by atoms with Crippen LogP contribution < -0.4 is 15.4 Å². The summed E-state index contributed by atoms with van der Waals surface area (Å²) in [7, 11) is 0. The monoisotopic (exact) mass is 348 g/mol. The summed E-state index contributed by atoms with van der Waals surface area (Å²) in [5, 5.41) is 1.19. The van der Waals surface area contributed by atoms with Crippen LogP contribution in [0, 0.1) is 0 Å². The number of ether oxygens (including phenoxy) is 1. The van der Waals surface area contributed by atoms with Crippen molar-refractivity contribution in [1.29, 1.82) is 0 Å². The van der Waals surface area contributed by atoms with Gasteiger partial charge in [0.25, 0.3) is 0 Å². The van der Waals surface area contributed by atoms with Crippen molar-refractivity contribution in [1.82, 2.24) is 0 Å². The first-order valence-electron chi connectivity index (χ1n) is 7.55. The second kappa shape index (κ2) is 7.26. The fourth-order valence-electron chi connectivity index (χ4n) is 2.70. The first-order chi connectivity index (χ1) is 11.2. The Hall–Kier alpha value is -1.68. The van der Waals surface area contributed by atoms with Gasteiger partial charge in [0.05, 0.1) is 5.02 Å². The number of benzene rings is 2. The molecule has 5 heteroatoms. The molecule has 2 aromatic carbocycles. The molecule has 0 bridgehead atoms. The maximum absolute atomic E-state index is 6.39. The van der Waals surface area contributed by atoms with E-state index in [1.165, 1.54) is 0 Å². The Morgan fingerprint density at radius 3 is 2.78 bits per heavy atom. The number of nitrogens with two attached hydrogens (primary N) is 1. The third-order valence-electron chi connectivity index (χ3n) is 3.80. The zero-order chi connectivity index (χ0) is 16.2. The Kier molecular flexibility index (Phi) is 5.11. The van der Waals surface area contributed by atoms with Gasteiger partial charge in [0.15, 0.2) is 0 Å². The van der Waals surface area contributed by atoms with Crippen molar-refractivity contribution in [2.24, 2.45) is 5.73 Å². The second-order valence-corrected chi connectivity index (χ2v) is 6.28. The van der Waals surface area contributed by atoms with Crippen LogP contribution in [0.3, 0.4) is 0 Å². The van der Waals surface area contributed by atoms with E-state index in [0.717, 1.165) is 18.5 Å². The molecule has 1 atom stereocenters. The summed E-state index contributed by atoms with van der Waals surface area (Å²) in [4.78, 5) is 2.21. The Balaban J connectivity index is 1.79. The summed E-state index contributed by atoms with van der Waals surface area (Å²) in [5.41, 5.74) is 6.73. The highest BCUT2D eigenvalue weighted by Crippen LogP contribution is 2.35. The summed E-state index contributed by atoms with van der Waals surface area (Å²) >= 11 is 12.4. The van der Waals surface area contributed by atoms with E-state index in [4.69, 9.17) is 33.7 Å². The zero-order valence-corrected chi connectivity index (χ0v) is 14.1. The summed E-state index contributed by atoms with van der Waals surface area (Å²) in [6.07, 6.45) is 6.20. The molecule has 0 spiro atoms. The number of hydrogen-bond donors (Lipinski definition) is 1. The molecule has 0 saturated heterocycles. The molecule has 0 radical (unpaired) electrons. The molecular formula is C18H18Cl2N2O. The van der Waals surface area contributed by atoms with Gasteiger partial charge in [0, 0.05) is 23.0 Å². The van der Waals surface area contributed by atoms with Crippen LogP contribution in [0.5, 0.6) is 11.5 Å². The predicted molar refractivity (Wildman–Crippen MR) is 96.7 cm³/mol. The standard InChI is InChI=1S/C18H18Cl2N2O/c19-13-3-1-5-16(11-13)23-18-7-6-15(12-17(18)20)22-10-2-4-14(22)8-9-21/h1-3,5-7,10-12,14H,4,8-9,21H2. The highest BCUT2D eigenvalue weighted by Gasteiger charge is 2.20. The molecule has 1 aliphatic rings. The average molecular weight is 349 g/mol. The van der Waals surface area contributed by atoms with E-state index < -0.39 is 0 Å². The number of nitrogens with zero attached hydrogens (tertiary/aromatic N) is 1. The van der Waals surface area contributed by atoms with Crippen molar-refractivity contribution in [3.8, 4) is 11.5 Å². The molecule has 0 aromatic heterocycles. The van der Waals surface area contributed by atoms with Crippen molar-refractivity contribution in [3.63, 3.8) is 0 Å². The van der Waals surface area contributed by atoms with Gasteiger partial charge in [-0.3, -0.25) is 0 Å². The summed E-state index contributed by atoms with van der Waals surface area (Å²) in [6, 6.07) is 13.4. The van der Waals surface area contributed by atoms with Crippen molar-refractivity contribution < 1.29 is 4.74 Å². The van der Waals surface area contributed by atoms with Gasteiger partial charge in [-0.15, -0.1) is 0 Å². The van der Waals surface area contributed by atoms with Gasteiger partial charge < -0.3 is 15.4 Å². The molecule has 0 amide bonds. The number of hydrogen-bond acceptors (Lipinski definition) is 3. The Morgan fingerprint density at radius 1 is 1.17 bits per heavy atom. The van der Waals surface area contributed by atoms with Gasteiger partial charge in [-0.25, -0.2) is 0 Å². The van der Waals surface area contributed by atoms with Crippen molar-refractivity contribution in [2.45, 2.75) is 18.9 Å². The normalized spacial score (nSPS) is 16.8. The highest BCUT2D eigenvalue weighted by molar-refractivity contribution is 6.32. The van der Waals surface area contributed by atoms with Crippen molar-refractivity contribution >= 4 is 28.9 Å². The van der Waals surface area contributed by atoms with E-state index in [9.17, 15) is 0 Å². The van der Waals surface area contributed by atoms with E-state index >= 15 is 0 Å². The van der Waals surface area contributed by atoms with Gasteiger partial charge in [-0.2, -0.15) is 0 Å². The molecular weight excluding hydrogens is 331 g/mol. The lowest BCUT2D eigenvalue weighted by atomic mass is 10.1. The summed E-state index contributed by atoms with van der Waals surface area (Å²) in [5.74, 6) is 1.27. The minimum atomic E-state index is 0.399. The third kappa shape index (κ3) is 3.81. The Morgan fingerprint density at radius 2 is 2.04 bits per heavy atom. The van der Waals surface area contributed by atoms with Crippen molar-refractivity contribution in [3.05, 3.63) is 64.8 Å². The number of anilines is 1. The lowest BCUT2D eigenvalue weighted by Gasteiger charge is -2.26. The zero-order valence-electron chi connectivity index (χ0n) is 12.6.